The highest BCUT2D eigenvalue weighted by Crippen LogP contribution is 2.42. The Morgan fingerprint density at radius 3 is 1.70 bits per heavy atom. The summed E-state index contributed by atoms with van der Waals surface area (Å²) in [6.07, 6.45) is 1.25. The summed E-state index contributed by atoms with van der Waals surface area (Å²) >= 11 is 0. The maximum Gasteiger partial charge on any atom is 0.127 e. The molecule has 0 amide bonds. The number of hydrogen-bond donors (Lipinski definition) is 0. The molecule has 6 rings (SSSR count). The molecule has 4 heteroatoms. The lowest BCUT2D eigenvalue weighted by molar-refractivity contribution is -0.0243. The largest absolute Gasteiger partial charge is 0.493 e. The number of nitrogens with zero attached hydrogens (tertiary/aromatic N) is 2. The summed E-state index contributed by atoms with van der Waals surface area (Å²) < 4.78 is 14.0. The molecule has 4 nitrogen and oxygen atoms in total. The van der Waals surface area contributed by atoms with Gasteiger partial charge < -0.3 is 14.4 Å². The molecule has 0 aromatic heterocycles. The van der Waals surface area contributed by atoms with Crippen LogP contribution >= 0.6 is 0 Å². The molecule has 0 saturated heterocycles. The van der Waals surface area contributed by atoms with Crippen LogP contribution in [0.3, 0.4) is 0 Å². The molecule has 6 aromatic carbocycles. The van der Waals surface area contributed by atoms with Gasteiger partial charge in [0.15, 0.2) is 0 Å². The Morgan fingerprint density at radius 1 is 0.565 bits per heavy atom. The van der Waals surface area contributed by atoms with Gasteiger partial charge in [0.1, 0.15) is 17.6 Å². The first kappa shape index (κ1) is 31.3. The van der Waals surface area contributed by atoms with Gasteiger partial charge in [-0.3, -0.25) is 4.90 Å². The summed E-state index contributed by atoms with van der Waals surface area (Å²) in [4.78, 5) is 4.66. The van der Waals surface area contributed by atoms with Crippen molar-refractivity contribution in [2.75, 3.05) is 34.8 Å². The third kappa shape index (κ3) is 6.50. The summed E-state index contributed by atoms with van der Waals surface area (Å²) in [7, 11) is 8.68. The van der Waals surface area contributed by atoms with E-state index in [0.717, 1.165) is 35.1 Å². The Labute approximate surface area is 273 Å². The molecular weight excluding hydrogens is 564 g/mol. The standard InChI is InChI=1S/C42H44N2O2/c1-43(2)38(34-19-7-5-8-20-34)31-41(46-40-28-16-22-33-18-12-14-26-37(33)40)42(44(3)4,35-23-9-6-10-24-35)29-30-45-39-27-15-21-32-17-11-13-25-36(32)39/h5-28,38,41H,29-31H2,1-4H3/t38-,41?,42-/m1/s1. The van der Waals surface area contributed by atoms with Gasteiger partial charge in [-0.1, -0.05) is 133 Å². The van der Waals surface area contributed by atoms with Crippen molar-refractivity contribution < 1.29 is 9.47 Å². The minimum atomic E-state index is -0.522. The van der Waals surface area contributed by atoms with Crippen LogP contribution in [0.4, 0.5) is 0 Å². The van der Waals surface area contributed by atoms with Gasteiger partial charge in [0.2, 0.25) is 0 Å². The summed E-state index contributed by atoms with van der Waals surface area (Å²) in [6, 6.07) is 51.3. The van der Waals surface area contributed by atoms with Gasteiger partial charge in [0, 0.05) is 29.7 Å². The second-order valence-corrected chi connectivity index (χ2v) is 12.5. The highest BCUT2D eigenvalue weighted by atomic mass is 16.5. The molecule has 1 unspecified atom stereocenters. The normalized spacial score (nSPS) is 14.3. The van der Waals surface area contributed by atoms with E-state index < -0.39 is 5.54 Å². The van der Waals surface area contributed by atoms with Gasteiger partial charge in [-0.25, -0.2) is 0 Å². The Morgan fingerprint density at radius 2 is 1.09 bits per heavy atom. The first-order valence-corrected chi connectivity index (χ1v) is 16.2. The lowest BCUT2D eigenvalue weighted by Gasteiger charge is -2.47. The van der Waals surface area contributed by atoms with Crippen LogP contribution in [-0.2, 0) is 5.54 Å². The molecule has 0 saturated carbocycles. The average Bonchev–Trinajstić information content (AvgIpc) is 3.09. The topological polar surface area (TPSA) is 24.9 Å². The highest BCUT2D eigenvalue weighted by Gasteiger charge is 2.46. The van der Waals surface area contributed by atoms with Gasteiger partial charge in [-0.05, 0) is 62.2 Å². The predicted octanol–water partition coefficient (Wildman–Crippen LogP) is 9.36. The zero-order valence-corrected chi connectivity index (χ0v) is 27.3. The van der Waals surface area contributed by atoms with Gasteiger partial charge in [0.25, 0.3) is 0 Å². The fourth-order valence-electron chi connectivity index (χ4n) is 6.94. The molecule has 0 N–H and O–H groups in total. The first-order valence-electron chi connectivity index (χ1n) is 16.2. The molecule has 6 aromatic rings. The average molecular weight is 609 g/mol. The molecular formula is C42H44N2O2. The summed E-state index contributed by atoms with van der Waals surface area (Å²) in [6.45, 7) is 0.522. The van der Waals surface area contributed by atoms with Gasteiger partial charge in [0.05, 0.1) is 12.1 Å². The van der Waals surface area contributed by atoms with Crippen LogP contribution in [0.5, 0.6) is 11.5 Å². The Bertz CT molecular complexity index is 1840. The molecule has 0 radical (unpaired) electrons. The number of hydrogen-bond acceptors (Lipinski definition) is 4. The van der Waals surface area contributed by atoms with Crippen LogP contribution < -0.4 is 9.47 Å². The summed E-state index contributed by atoms with van der Waals surface area (Å²) in [5, 5.41) is 4.58. The van der Waals surface area contributed by atoms with Crippen LogP contribution in [0.25, 0.3) is 21.5 Å². The number of benzene rings is 6. The highest BCUT2D eigenvalue weighted by molar-refractivity contribution is 5.89. The second kappa shape index (κ2) is 14.2. The molecule has 234 valence electrons. The Kier molecular flexibility index (Phi) is 9.68. The molecule has 0 fully saturated rings. The zero-order valence-electron chi connectivity index (χ0n) is 27.3. The fourth-order valence-corrected chi connectivity index (χ4v) is 6.94. The summed E-state index contributed by atoms with van der Waals surface area (Å²) in [5.41, 5.74) is 1.95. The SMILES string of the molecule is CN(C)[C@H](CC(Oc1cccc2ccccc12)[C@@](CCOc1cccc2ccccc12)(c1ccccc1)N(C)C)c1ccccc1. The van der Waals surface area contributed by atoms with Crippen molar-refractivity contribution in [3.05, 3.63) is 157 Å². The van der Waals surface area contributed by atoms with Gasteiger partial charge in [-0.2, -0.15) is 0 Å². The Hall–Kier alpha value is -4.64. The van der Waals surface area contributed by atoms with Crippen molar-refractivity contribution in [3.63, 3.8) is 0 Å². The quantitative estimate of drug-likeness (QED) is 0.130. The minimum absolute atomic E-state index is 0.128. The van der Waals surface area contributed by atoms with Crippen molar-refractivity contribution in [2.45, 2.75) is 30.5 Å². The van der Waals surface area contributed by atoms with E-state index in [9.17, 15) is 0 Å². The molecule has 0 aliphatic heterocycles. The van der Waals surface area contributed by atoms with E-state index in [4.69, 9.17) is 9.47 Å². The van der Waals surface area contributed by atoms with E-state index >= 15 is 0 Å². The third-order valence-corrected chi connectivity index (χ3v) is 9.36. The van der Waals surface area contributed by atoms with Crippen molar-refractivity contribution in [3.8, 4) is 11.5 Å². The van der Waals surface area contributed by atoms with Crippen LogP contribution in [0, 0.1) is 0 Å². The van der Waals surface area contributed by atoms with Crippen molar-refractivity contribution in [1.82, 2.24) is 9.80 Å². The van der Waals surface area contributed by atoms with Crippen molar-refractivity contribution in [1.29, 1.82) is 0 Å². The van der Waals surface area contributed by atoms with E-state index in [1.54, 1.807) is 0 Å². The van der Waals surface area contributed by atoms with Gasteiger partial charge in [-0.15, -0.1) is 0 Å². The fraction of sp³-hybridized carbons (Fsp3) is 0.238. The second-order valence-electron chi connectivity index (χ2n) is 12.5. The first-order chi connectivity index (χ1) is 22.5. The van der Waals surface area contributed by atoms with Crippen LogP contribution in [0.1, 0.15) is 30.0 Å². The van der Waals surface area contributed by atoms with Crippen LogP contribution in [0.2, 0.25) is 0 Å². The van der Waals surface area contributed by atoms with Gasteiger partial charge >= 0.3 is 0 Å². The molecule has 0 heterocycles. The lowest BCUT2D eigenvalue weighted by Crippen LogP contribution is -2.55. The summed E-state index contributed by atoms with van der Waals surface area (Å²) in [5.74, 6) is 1.80. The van der Waals surface area contributed by atoms with Crippen molar-refractivity contribution >= 4 is 21.5 Å². The molecule has 0 spiro atoms. The molecule has 46 heavy (non-hydrogen) atoms. The minimum Gasteiger partial charge on any atom is -0.493 e. The number of rotatable bonds is 13. The van der Waals surface area contributed by atoms with Crippen LogP contribution in [-0.4, -0.2) is 50.7 Å². The zero-order chi connectivity index (χ0) is 31.9. The monoisotopic (exact) mass is 608 g/mol. The van der Waals surface area contributed by atoms with E-state index in [1.165, 1.54) is 21.9 Å². The molecule has 0 aliphatic rings. The predicted molar refractivity (Wildman–Crippen MR) is 192 cm³/mol. The lowest BCUT2D eigenvalue weighted by atomic mass is 9.77. The van der Waals surface area contributed by atoms with E-state index in [2.05, 4.69) is 184 Å². The maximum absolute atomic E-state index is 7.36. The number of ether oxygens (including phenoxy) is 2. The molecule has 0 bridgehead atoms. The number of fused-ring (bicyclic) bond motifs is 2. The molecule has 0 aliphatic carbocycles. The van der Waals surface area contributed by atoms with E-state index in [0.29, 0.717) is 6.61 Å². The van der Waals surface area contributed by atoms with E-state index in [-0.39, 0.29) is 12.1 Å². The maximum atomic E-state index is 7.36. The van der Waals surface area contributed by atoms with Crippen molar-refractivity contribution in [2.24, 2.45) is 0 Å². The smallest absolute Gasteiger partial charge is 0.127 e. The van der Waals surface area contributed by atoms with E-state index in [1.807, 2.05) is 0 Å². The molecule has 3 atom stereocenters. The number of likely N-dealkylation sites (N-methyl/N-ethyl adjacent to an activating group) is 1. The van der Waals surface area contributed by atoms with Crippen LogP contribution in [0.15, 0.2) is 146 Å². The third-order valence-electron chi connectivity index (χ3n) is 9.36. The Balaban J connectivity index is 1.46.